The third-order valence-corrected chi connectivity index (χ3v) is 3.53. The van der Waals surface area contributed by atoms with Gasteiger partial charge in [0.15, 0.2) is 5.78 Å². The van der Waals surface area contributed by atoms with Gasteiger partial charge in [0.2, 0.25) is 0 Å². The van der Waals surface area contributed by atoms with Crippen molar-refractivity contribution in [2.45, 2.75) is 19.6 Å². The summed E-state index contributed by atoms with van der Waals surface area (Å²) in [6.07, 6.45) is 0.375. The molecule has 19 heavy (non-hydrogen) atoms. The van der Waals surface area contributed by atoms with Gasteiger partial charge in [-0.2, -0.15) is 0 Å². The predicted octanol–water partition coefficient (Wildman–Crippen LogP) is 3.80. The first-order valence-corrected chi connectivity index (χ1v) is 6.57. The van der Waals surface area contributed by atoms with Crippen LogP contribution < -0.4 is 0 Å². The van der Waals surface area contributed by atoms with Crippen LogP contribution >= 0.6 is 11.6 Å². The second-order valence-electron chi connectivity index (χ2n) is 4.71. The maximum Gasteiger partial charge on any atom is 0.167 e. The van der Waals surface area contributed by atoms with Gasteiger partial charge >= 0.3 is 0 Å². The molecule has 0 saturated heterocycles. The first-order valence-electron chi connectivity index (χ1n) is 6.19. The van der Waals surface area contributed by atoms with Gasteiger partial charge in [0.25, 0.3) is 0 Å². The number of halogens is 1. The van der Waals surface area contributed by atoms with Crippen molar-refractivity contribution in [3.8, 4) is 0 Å². The summed E-state index contributed by atoms with van der Waals surface area (Å²) in [6, 6.07) is 13.2. The number of carbonyl (C=O) groups excluding carboxylic acids is 1. The molecule has 0 bridgehead atoms. The highest BCUT2D eigenvalue weighted by molar-refractivity contribution is 6.30. The lowest BCUT2D eigenvalue weighted by Crippen LogP contribution is -2.04. The molecule has 0 saturated carbocycles. The molecule has 0 fully saturated rings. The minimum Gasteiger partial charge on any atom is -0.372 e. The molecule has 0 amide bonds. The van der Waals surface area contributed by atoms with Gasteiger partial charge in [0, 0.05) is 17.0 Å². The molecule has 1 aliphatic heterocycles. The summed E-state index contributed by atoms with van der Waals surface area (Å²) >= 11 is 5.92. The topological polar surface area (TPSA) is 26.3 Å². The van der Waals surface area contributed by atoms with E-state index in [1.807, 2.05) is 42.5 Å². The van der Waals surface area contributed by atoms with E-state index in [1.54, 1.807) is 0 Å². The second kappa shape index (κ2) is 5.16. The Bertz CT molecular complexity index is 634. The summed E-state index contributed by atoms with van der Waals surface area (Å²) in [4.78, 5) is 12.2. The fourth-order valence-corrected chi connectivity index (χ4v) is 2.49. The summed E-state index contributed by atoms with van der Waals surface area (Å²) in [5.41, 5.74) is 3.98. The van der Waals surface area contributed by atoms with E-state index < -0.39 is 0 Å². The number of rotatable bonds is 3. The van der Waals surface area contributed by atoms with Crippen LogP contribution in [0.3, 0.4) is 0 Å². The smallest absolute Gasteiger partial charge is 0.167 e. The van der Waals surface area contributed by atoms with Crippen molar-refractivity contribution in [2.24, 2.45) is 0 Å². The molecular weight excluding hydrogens is 260 g/mol. The van der Waals surface area contributed by atoms with Gasteiger partial charge in [-0.3, -0.25) is 4.79 Å². The molecule has 0 N–H and O–H groups in total. The first kappa shape index (κ1) is 12.4. The molecular formula is C16H13ClO2. The van der Waals surface area contributed by atoms with Crippen LogP contribution in [0.4, 0.5) is 0 Å². The van der Waals surface area contributed by atoms with E-state index in [2.05, 4.69) is 0 Å². The van der Waals surface area contributed by atoms with E-state index in [0.29, 0.717) is 24.7 Å². The average molecular weight is 273 g/mol. The highest BCUT2D eigenvalue weighted by Crippen LogP contribution is 2.22. The molecule has 3 heteroatoms. The number of benzene rings is 2. The zero-order chi connectivity index (χ0) is 13.2. The van der Waals surface area contributed by atoms with Crippen LogP contribution in [-0.4, -0.2) is 5.78 Å². The number of Topliss-reactive ketones (excluding diaryl/α,β-unsaturated/α-hetero) is 1. The van der Waals surface area contributed by atoms with Crippen molar-refractivity contribution in [1.82, 2.24) is 0 Å². The quantitative estimate of drug-likeness (QED) is 0.795. The Balaban J connectivity index is 1.81. The van der Waals surface area contributed by atoms with E-state index in [1.165, 1.54) is 5.56 Å². The Kier molecular flexibility index (Phi) is 3.36. The van der Waals surface area contributed by atoms with Crippen molar-refractivity contribution in [3.63, 3.8) is 0 Å². The molecule has 1 aliphatic rings. The second-order valence-corrected chi connectivity index (χ2v) is 5.14. The molecule has 0 aliphatic carbocycles. The highest BCUT2D eigenvalue weighted by atomic mass is 35.5. The Hall–Kier alpha value is -1.64. The number of ketones is 1. The van der Waals surface area contributed by atoms with Gasteiger partial charge in [-0.25, -0.2) is 0 Å². The summed E-state index contributed by atoms with van der Waals surface area (Å²) < 4.78 is 5.35. The van der Waals surface area contributed by atoms with E-state index in [0.717, 1.165) is 16.7 Å². The lowest BCUT2D eigenvalue weighted by molar-refractivity contribution is 0.0993. The van der Waals surface area contributed by atoms with Crippen LogP contribution in [-0.2, 0) is 24.4 Å². The maximum absolute atomic E-state index is 12.2. The van der Waals surface area contributed by atoms with Crippen LogP contribution in [0.1, 0.15) is 27.0 Å². The molecule has 0 unspecified atom stereocenters. The zero-order valence-electron chi connectivity index (χ0n) is 10.4. The molecule has 2 aromatic carbocycles. The van der Waals surface area contributed by atoms with E-state index >= 15 is 0 Å². The number of fused-ring (bicyclic) bond motifs is 1. The number of hydrogen-bond donors (Lipinski definition) is 0. The van der Waals surface area contributed by atoms with Gasteiger partial charge in [0.1, 0.15) is 0 Å². The Morgan fingerprint density at radius 1 is 1.11 bits per heavy atom. The highest BCUT2D eigenvalue weighted by Gasteiger charge is 2.14. The van der Waals surface area contributed by atoms with Crippen LogP contribution in [0.2, 0.25) is 5.02 Å². The third-order valence-electron chi connectivity index (χ3n) is 3.30. The first-order chi connectivity index (χ1) is 9.22. The van der Waals surface area contributed by atoms with Crippen molar-refractivity contribution in [1.29, 1.82) is 0 Å². The van der Waals surface area contributed by atoms with E-state index in [-0.39, 0.29) is 5.78 Å². The monoisotopic (exact) mass is 272 g/mol. The molecule has 0 atom stereocenters. The standard InChI is InChI=1S/C16H13ClO2/c17-15-3-1-2-11(6-15)7-16(18)12-4-5-13-9-19-10-14(13)8-12/h1-6,8H,7,9-10H2. The van der Waals surface area contributed by atoms with Crippen molar-refractivity contribution in [3.05, 3.63) is 69.7 Å². The predicted molar refractivity (Wildman–Crippen MR) is 74.4 cm³/mol. The normalized spacial score (nSPS) is 13.3. The number of carbonyl (C=O) groups is 1. The van der Waals surface area contributed by atoms with E-state index in [4.69, 9.17) is 16.3 Å². The number of ether oxygens (including phenoxy) is 1. The summed E-state index contributed by atoms with van der Waals surface area (Å²) in [7, 11) is 0. The molecule has 2 aromatic rings. The average Bonchev–Trinajstić information content (AvgIpc) is 2.85. The summed E-state index contributed by atoms with van der Waals surface area (Å²) in [6.45, 7) is 1.26. The van der Waals surface area contributed by atoms with Gasteiger partial charge in [0.05, 0.1) is 13.2 Å². The van der Waals surface area contributed by atoms with Gasteiger partial charge in [-0.05, 0) is 34.9 Å². The van der Waals surface area contributed by atoms with Gasteiger partial charge in [-0.1, -0.05) is 35.9 Å². The van der Waals surface area contributed by atoms with E-state index in [9.17, 15) is 4.79 Å². The fourth-order valence-electron chi connectivity index (χ4n) is 2.28. The number of hydrogen-bond acceptors (Lipinski definition) is 2. The molecule has 0 spiro atoms. The molecule has 96 valence electrons. The molecule has 0 aromatic heterocycles. The minimum atomic E-state index is 0.108. The molecule has 1 heterocycles. The van der Waals surface area contributed by atoms with Crippen molar-refractivity contribution >= 4 is 17.4 Å². The molecule has 2 nitrogen and oxygen atoms in total. The van der Waals surface area contributed by atoms with Gasteiger partial charge in [-0.15, -0.1) is 0 Å². The fraction of sp³-hybridized carbons (Fsp3) is 0.188. The third kappa shape index (κ3) is 2.70. The Labute approximate surface area is 117 Å². The van der Waals surface area contributed by atoms with Crippen LogP contribution in [0.15, 0.2) is 42.5 Å². The zero-order valence-corrected chi connectivity index (χ0v) is 11.1. The Morgan fingerprint density at radius 3 is 2.79 bits per heavy atom. The Morgan fingerprint density at radius 2 is 1.95 bits per heavy atom. The summed E-state index contributed by atoms with van der Waals surface area (Å²) in [5, 5.41) is 0.660. The van der Waals surface area contributed by atoms with Crippen LogP contribution in [0.25, 0.3) is 0 Å². The van der Waals surface area contributed by atoms with Crippen molar-refractivity contribution < 1.29 is 9.53 Å². The lowest BCUT2D eigenvalue weighted by atomic mass is 9.99. The summed E-state index contributed by atoms with van der Waals surface area (Å²) in [5.74, 6) is 0.108. The van der Waals surface area contributed by atoms with Crippen LogP contribution in [0, 0.1) is 0 Å². The lowest BCUT2D eigenvalue weighted by Gasteiger charge is -2.04. The SMILES string of the molecule is O=C(Cc1cccc(Cl)c1)c1ccc2c(c1)COC2. The molecule has 3 rings (SSSR count). The minimum absolute atomic E-state index is 0.108. The van der Waals surface area contributed by atoms with Crippen molar-refractivity contribution in [2.75, 3.05) is 0 Å². The largest absolute Gasteiger partial charge is 0.372 e. The van der Waals surface area contributed by atoms with Gasteiger partial charge < -0.3 is 4.74 Å². The van der Waals surface area contributed by atoms with Crippen LogP contribution in [0.5, 0.6) is 0 Å². The maximum atomic E-state index is 12.2. The molecule has 0 radical (unpaired) electrons.